The number of piperazine rings is 1. The minimum absolute atomic E-state index is 0. The van der Waals surface area contributed by atoms with Crippen molar-refractivity contribution in [1.82, 2.24) is 10.2 Å². The van der Waals surface area contributed by atoms with Gasteiger partial charge in [0.25, 0.3) is 0 Å². The fraction of sp³-hybridized carbons (Fsp3) is 0.409. The lowest BCUT2D eigenvalue weighted by molar-refractivity contribution is 0.367. The molecule has 0 aromatic heterocycles. The van der Waals surface area contributed by atoms with Crippen LogP contribution in [0.1, 0.15) is 6.42 Å². The molecule has 7 nitrogen and oxygen atoms in total. The number of ether oxygens (including phenoxy) is 1. The average molecular weight is 558 g/mol. The molecule has 9 heteroatoms. The van der Waals surface area contributed by atoms with Crippen molar-refractivity contribution in [3.63, 3.8) is 0 Å². The Morgan fingerprint density at radius 1 is 1.03 bits per heavy atom. The summed E-state index contributed by atoms with van der Waals surface area (Å²) in [6.07, 6.45) is 0.525. The van der Waals surface area contributed by atoms with E-state index in [1.54, 1.807) is 38.4 Å². The zero-order valence-corrected chi connectivity index (χ0v) is 21.2. The fourth-order valence-electron chi connectivity index (χ4n) is 3.59. The molecule has 1 saturated heterocycles. The van der Waals surface area contributed by atoms with Gasteiger partial charge in [-0.1, -0.05) is 30.3 Å². The lowest BCUT2D eigenvalue weighted by Gasteiger charge is -2.38. The van der Waals surface area contributed by atoms with E-state index < -0.39 is 9.84 Å². The van der Waals surface area contributed by atoms with Crippen molar-refractivity contribution >= 4 is 45.5 Å². The molecule has 0 bridgehead atoms. The van der Waals surface area contributed by atoms with E-state index in [0.717, 1.165) is 43.6 Å². The maximum absolute atomic E-state index is 12.4. The number of aliphatic imine (C=N–C) groups is 1. The van der Waals surface area contributed by atoms with Gasteiger partial charge in [0.05, 0.1) is 23.4 Å². The van der Waals surface area contributed by atoms with E-state index in [1.807, 2.05) is 24.3 Å². The van der Waals surface area contributed by atoms with Gasteiger partial charge in [-0.25, -0.2) is 8.42 Å². The minimum atomic E-state index is -3.25. The van der Waals surface area contributed by atoms with Crippen LogP contribution >= 0.6 is 24.0 Å². The number of rotatable bonds is 7. The highest BCUT2D eigenvalue weighted by molar-refractivity contribution is 14.0. The molecular formula is C22H31IN4O3S. The number of nitrogens with one attached hydrogen (secondary N) is 1. The normalized spacial score (nSPS) is 14.7. The summed E-state index contributed by atoms with van der Waals surface area (Å²) in [5, 5.41) is 3.31. The van der Waals surface area contributed by atoms with Crippen molar-refractivity contribution in [2.45, 2.75) is 11.3 Å². The summed E-state index contributed by atoms with van der Waals surface area (Å²) in [5.74, 6) is 1.81. The molecule has 1 fully saturated rings. The molecule has 0 atom stereocenters. The van der Waals surface area contributed by atoms with E-state index in [4.69, 9.17) is 4.74 Å². The standard InChI is InChI=1S/C22H30N4O3S.HI/c1-23-22(24-13-8-18-30(27,28)19-9-4-3-5-10-19)26-16-14-25(15-17-26)20-11-6-7-12-21(20)29-2;/h3-7,9-12H,8,13-18H2,1-2H3,(H,23,24);1H. The number of sulfone groups is 1. The monoisotopic (exact) mass is 558 g/mol. The van der Waals surface area contributed by atoms with Crippen LogP contribution < -0.4 is 15.0 Å². The molecule has 2 aromatic carbocycles. The average Bonchev–Trinajstić information content (AvgIpc) is 2.80. The number of benzene rings is 2. The minimum Gasteiger partial charge on any atom is -0.495 e. The second-order valence-electron chi connectivity index (χ2n) is 7.11. The number of hydrogen-bond donors (Lipinski definition) is 1. The third kappa shape index (κ3) is 6.73. The van der Waals surface area contributed by atoms with E-state index in [2.05, 4.69) is 26.2 Å². The van der Waals surface area contributed by atoms with Gasteiger partial charge < -0.3 is 19.9 Å². The van der Waals surface area contributed by atoms with Gasteiger partial charge in [-0.2, -0.15) is 0 Å². The third-order valence-corrected chi connectivity index (χ3v) is 7.01. The van der Waals surface area contributed by atoms with Crippen molar-refractivity contribution in [2.75, 3.05) is 57.5 Å². The molecule has 1 aliphatic rings. The summed E-state index contributed by atoms with van der Waals surface area (Å²) in [6.45, 7) is 3.96. The first-order valence-corrected chi connectivity index (χ1v) is 11.8. The van der Waals surface area contributed by atoms with Gasteiger partial charge in [0.1, 0.15) is 5.75 Å². The summed E-state index contributed by atoms with van der Waals surface area (Å²) in [6, 6.07) is 16.6. The summed E-state index contributed by atoms with van der Waals surface area (Å²) < 4.78 is 30.3. The smallest absolute Gasteiger partial charge is 0.193 e. The predicted molar refractivity (Wildman–Crippen MR) is 137 cm³/mol. The van der Waals surface area contributed by atoms with E-state index in [1.165, 1.54) is 0 Å². The number of nitrogens with zero attached hydrogens (tertiary/aromatic N) is 3. The molecule has 170 valence electrons. The predicted octanol–water partition coefficient (Wildman–Crippen LogP) is 2.87. The number of halogens is 1. The Hall–Kier alpha value is -2.01. The first kappa shape index (κ1) is 25.3. The van der Waals surface area contributed by atoms with Crippen LogP contribution in [-0.2, 0) is 9.84 Å². The van der Waals surface area contributed by atoms with Crippen molar-refractivity contribution in [3.8, 4) is 5.75 Å². The Kier molecular flexibility index (Phi) is 9.89. The third-order valence-electron chi connectivity index (χ3n) is 5.19. The molecule has 0 spiro atoms. The van der Waals surface area contributed by atoms with Crippen LogP contribution in [0.4, 0.5) is 5.69 Å². The van der Waals surface area contributed by atoms with Crippen LogP contribution in [-0.4, -0.2) is 71.9 Å². The Morgan fingerprint density at radius 2 is 1.68 bits per heavy atom. The van der Waals surface area contributed by atoms with Crippen molar-refractivity contribution in [2.24, 2.45) is 4.99 Å². The lowest BCUT2D eigenvalue weighted by atomic mass is 10.2. The van der Waals surface area contributed by atoms with Crippen LogP contribution in [0.2, 0.25) is 0 Å². The van der Waals surface area contributed by atoms with Gasteiger partial charge in [-0.05, 0) is 30.7 Å². The SMILES string of the molecule is CN=C(NCCCS(=O)(=O)c1ccccc1)N1CCN(c2ccccc2OC)CC1.I. The maximum atomic E-state index is 12.4. The summed E-state index contributed by atoms with van der Waals surface area (Å²) >= 11 is 0. The summed E-state index contributed by atoms with van der Waals surface area (Å²) in [4.78, 5) is 9.27. The Balaban J connectivity index is 0.00000341. The van der Waals surface area contributed by atoms with Gasteiger partial charge in [0, 0.05) is 39.8 Å². The molecule has 0 amide bonds. The Labute approximate surface area is 202 Å². The van der Waals surface area contributed by atoms with Crippen LogP contribution in [0.15, 0.2) is 64.5 Å². The van der Waals surface area contributed by atoms with Crippen LogP contribution in [0, 0.1) is 0 Å². The topological polar surface area (TPSA) is 74.2 Å². The zero-order chi connectivity index (χ0) is 21.4. The van der Waals surface area contributed by atoms with Gasteiger partial charge in [-0.3, -0.25) is 4.99 Å². The van der Waals surface area contributed by atoms with Crippen molar-refractivity contribution < 1.29 is 13.2 Å². The number of anilines is 1. The summed E-state index contributed by atoms with van der Waals surface area (Å²) in [5.41, 5.74) is 1.11. The molecular weight excluding hydrogens is 527 g/mol. The van der Waals surface area contributed by atoms with E-state index in [9.17, 15) is 8.42 Å². The van der Waals surface area contributed by atoms with Gasteiger partial charge in [0.15, 0.2) is 15.8 Å². The molecule has 0 unspecified atom stereocenters. The zero-order valence-electron chi connectivity index (χ0n) is 18.0. The van der Waals surface area contributed by atoms with E-state index >= 15 is 0 Å². The van der Waals surface area contributed by atoms with Gasteiger partial charge in [0.2, 0.25) is 0 Å². The highest BCUT2D eigenvalue weighted by Gasteiger charge is 2.21. The number of methoxy groups -OCH3 is 1. The lowest BCUT2D eigenvalue weighted by Crippen LogP contribution is -2.52. The number of hydrogen-bond acceptors (Lipinski definition) is 5. The van der Waals surface area contributed by atoms with E-state index in [0.29, 0.717) is 17.9 Å². The second-order valence-corrected chi connectivity index (χ2v) is 9.21. The molecule has 2 aromatic rings. The largest absolute Gasteiger partial charge is 0.495 e. The second kappa shape index (κ2) is 12.1. The molecule has 1 N–H and O–H groups in total. The van der Waals surface area contributed by atoms with Gasteiger partial charge >= 0.3 is 0 Å². The quantitative estimate of drug-likeness (QED) is 0.244. The Morgan fingerprint density at radius 3 is 2.32 bits per heavy atom. The fourth-order valence-corrected chi connectivity index (χ4v) is 4.92. The van der Waals surface area contributed by atoms with Crippen LogP contribution in [0.25, 0.3) is 0 Å². The molecule has 0 radical (unpaired) electrons. The molecule has 1 heterocycles. The highest BCUT2D eigenvalue weighted by Crippen LogP contribution is 2.28. The van der Waals surface area contributed by atoms with Crippen LogP contribution in [0.3, 0.4) is 0 Å². The maximum Gasteiger partial charge on any atom is 0.193 e. The van der Waals surface area contributed by atoms with Crippen LogP contribution in [0.5, 0.6) is 5.75 Å². The van der Waals surface area contributed by atoms with Crippen molar-refractivity contribution in [1.29, 1.82) is 0 Å². The highest BCUT2D eigenvalue weighted by atomic mass is 127. The first-order valence-electron chi connectivity index (χ1n) is 10.2. The van der Waals surface area contributed by atoms with E-state index in [-0.39, 0.29) is 29.7 Å². The summed E-state index contributed by atoms with van der Waals surface area (Å²) in [7, 11) is 0.206. The molecule has 0 aliphatic carbocycles. The first-order chi connectivity index (χ1) is 14.5. The van der Waals surface area contributed by atoms with Gasteiger partial charge in [-0.15, -0.1) is 24.0 Å². The number of guanidine groups is 1. The number of para-hydroxylation sites is 2. The van der Waals surface area contributed by atoms with Crippen molar-refractivity contribution in [3.05, 3.63) is 54.6 Å². The molecule has 3 rings (SSSR count). The Bertz CT molecular complexity index is 946. The molecule has 0 saturated carbocycles. The molecule has 1 aliphatic heterocycles. The molecule has 31 heavy (non-hydrogen) atoms.